The second kappa shape index (κ2) is 7.37. The van der Waals surface area contributed by atoms with Gasteiger partial charge in [-0.15, -0.1) is 11.8 Å². The van der Waals surface area contributed by atoms with Gasteiger partial charge < -0.3 is 4.74 Å². The zero-order chi connectivity index (χ0) is 16.3. The van der Waals surface area contributed by atoms with Gasteiger partial charge in [-0.2, -0.15) is 5.10 Å². The van der Waals surface area contributed by atoms with Crippen LogP contribution in [0.4, 0.5) is 0 Å². The van der Waals surface area contributed by atoms with Crippen molar-refractivity contribution in [2.45, 2.75) is 63.0 Å². The maximum absolute atomic E-state index is 12.3. The second-order valence-electron chi connectivity index (χ2n) is 6.90. The van der Waals surface area contributed by atoms with Crippen LogP contribution in [0.3, 0.4) is 0 Å². The molecule has 4 nitrogen and oxygen atoms in total. The van der Waals surface area contributed by atoms with Gasteiger partial charge in [-0.05, 0) is 52.4 Å². The molecule has 0 N–H and O–H groups in total. The molecule has 1 aliphatic carbocycles. The molecular formula is C16H25ClN2O2S. The fourth-order valence-electron chi connectivity index (χ4n) is 2.74. The van der Waals surface area contributed by atoms with Gasteiger partial charge in [0.25, 0.3) is 5.56 Å². The molecule has 22 heavy (non-hydrogen) atoms. The van der Waals surface area contributed by atoms with E-state index in [2.05, 4.69) is 5.10 Å². The van der Waals surface area contributed by atoms with E-state index in [9.17, 15) is 4.79 Å². The lowest BCUT2D eigenvalue weighted by Gasteiger charge is -2.27. The first-order valence-electron chi connectivity index (χ1n) is 7.77. The molecule has 0 bridgehead atoms. The lowest BCUT2D eigenvalue weighted by atomic mass is 9.89. The number of hydrogen-bond donors (Lipinski definition) is 0. The Kier molecular flexibility index (Phi) is 5.97. The largest absolute Gasteiger partial charge is 0.381 e. The average Bonchev–Trinajstić information content (AvgIpc) is 2.48. The van der Waals surface area contributed by atoms with E-state index in [-0.39, 0.29) is 11.1 Å². The van der Waals surface area contributed by atoms with E-state index in [0.717, 1.165) is 23.5 Å². The van der Waals surface area contributed by atoms with Crippen molar-refractivity contribution in [3.63, 3.8) is 0 Å². The van der Waals surface area contributed by atoms with Gasteiger partial charge in [0.15, 0.2) is 0 Å². The Morgan fingerprint density at radius 2 is 2.00 bits per heavy atom. The van der Waals surface area contributed by atoms with Crippen molar-refractivity contribution in [2.75, 3.05) is 12.9 Å². The lowest BCUT2D eigenvalue weighted by Crippen LogP contribution is -2.36. The van der Waals surface area contributed by atoms with E-state index < -0.39 is 0 Å². The van der Waals surface area contributed by atoms with E-state index >= 15 is 0 Å². The minimum absolute atomic E-state index is 0.206. The van der Waals surface area contributed by atoms with Gasteiger partial charge in [0.2, 0.25) is 0 Å². The SMILES string of the molecule is COC1CCC(CSc2cnn(C(C)(C)C)c(=O)c2Cl)CC1. The smallest absolute Gasteiger partial charge is 0.287 e. The monoisotopic (exact) mass is 344 g/mol. The highest BCUT2D eigenvalue weighted by Gasteiger charge is 2.23. The Morgan fingerprint density at radius 1 is 1.36 bits per heavy atom. The summed E-state index contributed by atoms with van der Waals surface area (Å²) in [7, 11) is 1.79. The van der Waals surface area contributed by atoms with Crippen molar-refractivity contribution >= 4 is 23.4 Å². The normalized spacial score (nSPS) is 22.8. The summed E-state index contributed by atoms with van der Waals surface area (Å²) >= 11 is 7.90. The van der Waals surface area contributed by atoms with Crippen LogP contribution in [0.2, 0.25) is 5.02 Å². The maximum atomic E-state index is 12.3. The molecule has 0 aromatic carbocycles. The molecule has 0 unspecified atom stereocenters. The van der Waals surface area contributed by atoms with Gasteiger partial charge in [-0.3, -0.25) is 4.79 Å². The lowest BCUT2D eigenvalue weighted by molar-refractivity contribution is 0.0599. The quantitative estimate of drug-likeness (QED) is 0.776. The number of nitrogens with zero attached hydrogens (tertiary/aromatic N) is 2. The summed E-state index contributed by atoms with van der Waals surface area (Å²) < 4.78 is 6.85. The van der Waals surface area contributed by atoms with Gasteiger partial charge in [0.1, 0.15) is 5.02 Å². The molecule has 1 saturated carbocycles. The van der Waals surface area contributed by atoms with Crippen molar-refractivity contribution in [3.05, 3.63) is 21.6 Å². The van der Waals surface area contributed by atoms with Crippen molar-refractivity contribution in [3.8, 4) is 0 Å². The van der Waals surface area contributed by atoms with E-state index in [4.69, 9.17) is 16.3 Å². The molecule has 1 fully saturated rings. The van der Waals surface area contributed by atoms with Crippen LogP contribution >= 0.6 is 23.4 Å². The first-order chi connectivity index (χ1) is 10.3. The Bertz CT molecular complexity index is 560. The van der Waals surface area contributed by atoms with Crippen LogP contribution in [0.5, 0.6) is 0 Å². The molecule has 2 rings (SSSR count). The molecule has 0 saturated heterocycles. The van der Waals surface area contributed by atoms with Gasteiger partial charge in [-0.25, -0.2) is 4.68 Å². The molecule has 0 aliphatic heterocycles. The topological polar surface area (TPSA) is 44.1 Å². The molecule has 1 aromatic rings. The summed E-state index contributed by atoms with van der Waals surface area (Å²) in [5, 5.41) is 4.57. The highest BCUT2D eigenvalue weighted by Crippen LogP contribution is 2.32. The van der Waals surface area contributed by atoms with Gasteiger partial charge in [-0.1, -0.05) is 11.6 Å². The molecule has 0 atom stereocenters. The first-order valence-corrected chi connectivity index (χ1v) is 9.13. The second-order valence-corrected chi connectivity index (χ2v) is 8.34. The molecule has 6 heteroatoms. The Balaban J connectivity index is 2.00. The number of methoxy groups -OCH3 is 1. The van der Waals surface area contributed by atoms with Crippen molar-refractivity contribution in [2.24, 2.45) is 5.92 Å². The number of rotatable bonds is 4. The highest BCUT2D eigenvalue weighted by molar-refractivity contribution is 7.99. The first kappa shape index (κ1) is 17.8. The van der Waals surface area contributed by atoms with E-state index in [1.165, 1.54) is 17.5 Å². The predicted molar refractivity (Wildman–Crippen MR) is 92.0 cm³/mol. The summed E-state index contributed by atoms with van der Waals surface area (Å²) in [6.45, 7) is 5.83. The van der Waals surface area contributed by atoms with Crippen LogP contribution in [0.25, 0.3) is 0 Å². The Morgan fingerprint density at radius 3 is 2.55 bits per heavy atom. The minimum Gasteiger partial charge on any atom is -0.381 e. The molecule has 1 heterocycles. The third kappa shape index (κ3) is 4.27. The summed E-state index contributed by atoms with van der Waals surface area (Å²) in [5.74, 6) is 1.65. The fraction of sp³-hybridized carbons (Fsp3) is 0.750. The van der Waals surface area contributed by atoms with Crippen molar-refractivity contribution in [1.29, 1.82) is 0 Å². The zero-order valence-corrected chi connectivity index (χ0v) is 15.3. The van der Waals surface area contributed by atoms with Gasteiger partial charge in [0, 0.05) is 12.9 Å². The number of aromatic nitrogens is 2. The molecule has 0 amide bonds. The third-order valence-electron chi connectivity index (χ3n) is 4.12. The minimum atomic E-state index is -0.359. The van der Waals surface area contributed by atoms with Crippen LogP contribution in [0, 0.1) is 5.92 Å². The van der Waals surface area contributed by atoms with E-state index in [1.54, 1.807) is 25.1 Å². The number of thioether (sulfide) groups is 1. The van der Waals surface area contributed by atoms with Crippen LogP contribution in [0.1, 0.15) is 46.5 Å². The zero-order valence-electron chi connectivity index (χ0n) is 13.8. The van der Waals surface area contributed by atoms with Gasteiger partial charge in [0.05, 0.1) is 22.7 Å². The maximum Gasteiger partial charge on any atom is 0.287 e. The average molecular weight is 345 g/mol. The predicted octanol–water partition coefficient (Wildman–Crippen LogP) is 3.95. The molecule has 0 spiro atoms. The van der Waals surface area contributed by atoms with Crippen LogP contribution in [-0.4, -0.2) is 28.7 Å². The number of ether oxygens (including phenoxy) is 1. The standard InChI is InChI=1S/C16H25ClN2O2S/c1-16(2,3)19-15(20)14(17)13(9-18-19)22-10-11-5-7-12(21-4)8-6-11/h9,11-12H,5-8,10H2,1-4H3. The van der Waals surface area contributed by atoms with E-state index in [0.29, 0.717) is 17.0 Å². The fourth-order valence-corrected chi connectivity index (χ4v) is 4.11. The summed E-state index contributed by atoms with van der Waals surface area (Å²) in [6.07, 6.45) is 6.74. The summed E-state index contributed by atoms with van der Waals surface area (Å²) in [6, 6.07) is 0. The van der Waals surface area contributed by atoms with E-state index in [1.807, 2.05) is 20.8 Å². The molecule has 1 aliphatic rings. The molecular weight excluding hydrogens is 320 g/mol. The Labute approximate surface area is 141 Å². The molecule has 124 valence electrons. The summed E-state index contributed by atoms with van der Waals surface area (Å²) in [5.41, 5.74) is -0.565. The van der Waals surface area contributed by atoms with Crippen molar-refractivity contribution in [1.82, 2.24) is 9.78 Å². The van der Waals surface area contributed by atoms with Crippen LogP contribution in [-0.2, 0) is 10.3 Å². The number of halogens is 1. The number of hydrogen-bond acceptors (Lipinski definition) is 4. The van der Waals surface area contributed by atoms with Gasteiger partial charge >= 0.3 is 0 Å². The Hall–Kier alpha value is -0.520. The van der Waals surface area contributed by atoms with Crippen LogP contribution in [0.15, 0.2) is 15.9 Å². The van der Waals surface area contributed by atoms with Crippen LogP contribution < -0.4 is 5.56 Å². The third-order valence-corrected chi connectivity index (χ3v) is 5.86. The van der Waals surface area contributed by atoms with Crippen molar-refractivity contribution < 1.29 is 4.74 Å². The highest BCUT2D eigenvalue weighted by atomic mass is 35.5. The molecule has 0 radical (unpaired) electrons. The summed E-state index contributed by atoms with van der Waals surface area (Å²) in [4.78, 5) is 13.1. The molecule has 1 aromatic heterocycles.